The Hall–Kier alpha value is -4.19. The Morgan fingerprint density at radius 3 is 2.25 bits per heavy atom. The zero-order chi connectivity index (χ0) is 25.2. The van der Waals surface area contributed by atoms with Crippen molar-refractivity contribution in [1.82, 2.24) is 9.78 Å². The fourth-order valence-electron chi connectivity index (χ4n) is 4.17. The van der Waals surface area contributed by atoms with Crippen LogP contribution in [0.25, 0.3) is 0 Å². The van der Waals surface area contributed by atoms with Crippen LogP contribution in [0.1, 0.15) is 41.6 Å². The maximum atomic E-state index is 12.6. The Bertz CT molecular complexity index is 1280. The van der Waals surface area contributed by atoms with E-state index in [0.29, 0.717) is 18.9 Å². The smallest absolute Gasteiger partial charge is 0.344 e. The van der Waals surface area contributed by atoms with E-state index < -0.39 is 5.97 Å². The van der Waals surface area contributed by atoms with Gasteiger partial charge in [-0.15, -0.1) is 0 Å². The van der Waals surface area contributed by atoms with E-state index in [-0.39, 0.29) is 18.1 Å². The molecule has 0 amide bonds. The largest absolute Gasteiger partial charge is 0.482 e. The third kappa shape index (κ3) is 6.69. The van der Waals surface area contributed by atoms with E-state index in [2.05, 4.69) is 24.3 Å². The van der Waals surface area contributed by atoms with Crippen molar-refractivity contribution in [2.75, 3.05) is 13.2 Å². The molecule has 0 unspecified atom stereocenters. The van der Waals surface area contributed by atoms with Crippen LogP contribution >= 0.6 is 0 Å². The summed E-state index contributed by atoms with van der Waals surface area (Å²) in [5.74, 6) is 0.163. The molecule has 0 aliphatic carbocycles. The Labute approximate surface area is 211 Å². The second-order valence-electron chi connectivity index (χ2n) is 8.42. The molecule has 0 aliphatic heterocycles. The van der Waals surface area contributed by atoms with Crippen LogP contribution in [0.2, 0.25) is 0 Å². The summed E-state index contributed by atoms with van der Waals surface area (Å²) < 4.78 is 12.0. The molecule has 6 nitrogen and oxygen atoms in total. The fourth-order valence-corrected chi connectivity index (χ4v) is 4.17. The number of aryl methyl sites for hydroxylation is 2. The van der Waals surface area contributed by atoms with Gasteiger partial charge in [0.25, 0.3) is 5.56 Å². The molecular weight excluding hydrogens is 452 g/mol. The predicted molar refractivity (Wildman–Crippen MR) is 139 cm³/mol. The van der Waals surface area contributed by atoms with Crippen molar-refractivity contribution < 1.29 is 14.3 Å². The number of carbonyl (C=O) groups is 1. The van der Waals surface area contributed by atoms with Gasteiger partial charge in [0, 0.05) is 12.6 Å². The zero-order valence-corrected chi connectivity index (χ0v) is 20.4. The Kier molecular flexibility index (Phi) is 8.65. The van der Waals surface area contributed by atoms with E-state index in [0.717, 1.165) is 35.2 Å². The molecule has 0 fully saturated rings. The lowest BCUT2D eigenvalue weighted by molar-refractivity contribution is -0.145. The van der Waals surface area contributed by atoms with Crippen LogP contribution in [0.4, 0.5) is 0 Å². The normalized spacial score (nSPS) is 10.8. The average molecular weight is 483 g/mol. The highest BCUT2D eigenvalue weighted by Gasteiger charge is 2.19. The summed E-state index contributed by atoms with van der Waals surface area (Å²) in [6.45, 7) is 2.47. The molecule has 0 N–H and O–H groups in total. The number of ether oxygens (including phenoxy) is 2. The average Bonchev–Trinajstić information content (AvgIpc) is 2.91. The minimum Gasteiger partial charge on any atom is -0.482 e. The first-order valence-corrected chi connectivity index (χ1v) is 12.2. The molecule has 4 aromatic rings. The lowest BCUT2D eigenvalue weighted by atomic mass is 9.88. The highest BCUT2D eigenvalue weighted by Crippen LogP contribution is 2.30. The van der Waals surface area contributed by atoms with Gasteiger partial charge in [0.05, 0.1) is 18.2 Å². The quantitative estimate of drug-likeness (QED) is 0.282. The number of rotatable bonds is 11. The van der Waals surface area contributed by atoms with Crippen molar-refractivity contribution in [3.05, 3.63) is 130 Å². The number of nitrogens with zero attached hydrogens (tertiary/aromatic N) is 2. The number of aromatic nitrogens is 2. The minimum absolute atomic E-state index is 0.0625. The Balaban J connectivity index is 1.46. The summed E-state index contributed by atoms with van der Waals surface area (Å²) in [6.07, 6.45) is 1.48. The van der Waals surface area contributed by atoms with Gasteiger partial charge in [-0.25, -0.2) is 9.48 Å². The van der Waals surface area contributed by atoms with Crippen LogP contribution in [0.15, 0.2) is 102 Å². The summed E-state index contributed by atoms with van der Waals surface area (Å²) in [6, 6.07) is 31.5. The molecule has 0 spiro atoms. The topological polar surface area (TPSA) is 70.4 Å². The molecule has 36 heavy (non-hydrogen) atoms. The molecule has 0 saturated carbocycles. The van der Waals surface area contributed by atoms with Gasteiger partial charge in [-0.1, -0.05) is 72.8 Å². The van der Waals surface area contributed by atoms with E-state index >= 15 is 0 Å². The van der Waals surface area contributed by atoms with Gasteiger partial charge in [-0.2, -0.15) is 5.10 Å². The van der Waals surface area contributed by atoms with E-state index in [1.165, 1.54) is 0 Å². The summed E-state index contributed by atoms with van der Waals surface area (Å²) in [5, 5.41) is 4.77. The summed E-state index contributed by atoms with van der Waals surface area (Å²) in [5.41, 5.74) is 4.03. The first kappa shape index (κ1) is 24.9. The summed E-state index contributed by atoms with van der Waals surface area (Å²) >= 11 is 0. The van der Waals surface area contributed by atoms with Gasteiger partial charge >= 0.3 is 5.97 Å². The number of esters is 1. The van der Waals surface area contributed by atoms with Gasteiger partial charge in [-0.3, -0.25) is 4.79 Å². The molecule has 6 heteroatoms. The fraction of sp³-hybridized carbons (Fsp3) is 0.233. The first-order chi connectivity index (χ1) is 17.6. The lowest BCUT2D eigenvalue weighted by Gasteiger charge is -2.18. The van der Waals surface area contributed by atoms with Crippen molar-refractivity contribution in [3.8, 4) is 5.75 Å². The molecule has 4 rings (SSSR count). The molecule has 0 bridgehead atoms. The van der Waals surface area contributed by atoms with Crippen LogP contribution in [0.5, 0.6) is 5.75 Å². The minimum atomic E-state index is -0.391. The van der Waals surface area contributed by atoms with Gasteiger partial charge in [-0.05, 0) is 54.7 Å². The van der Waals surface area contributed by atoms with Gasteiger partial charge in [0.2, 0.25) is 0 Å². The van der Waals surface area contributed by atoms with Crippen molar-refractivity contribution in [3.63, 3.8) is 0 Å². The van der Waals surface area contributed by atoms with E-state index in [9.17, 15) is 9.59 Å². The molecule has 0 saturated heterocycles. The summed E-state index contributed by atoms with van der Waals surface area (Å²) in [7, 11) is 0. The zero-order valence-electron chi connectivity index (χ0n) is 20.4. The number of hydrogen-bond donors (Lipinski definition) is 0. The first-order valence-electron chi connectivity index (χ1n) is 12.2. The summed E-state index contributed by atoms with van der Waals surface area (Å²) in [4.78, 5) is 24.1. The highest BCUT2D eigenvalue weighted by molar-refractivity contribution is 5.71. The number of carbonyl (C=O) groups excluding carboxylic acids is 1. The monoisotopic (exact) mass is 482 g/mol. The molecule has 0 atom stereocenters. The number of benzene rings is 3. The van der Waals surface area contributed by atoms with Gasteiger partial charge < -0.3 is 9.47 Å². The molecule has 184 valence electrons. The van der Waals surface area contributed by atoms with Crippen molar-refractivity contribution in [1.29, 1.82) is 0 Å². The van der Waals surface area contributed by atoms with Crippen molar-refractivity contribution >= 4 is 5.97 Å². The van der Waals surface area contributed by atoms with Gasteiger partial charge in [0.1, 0.15) is 5.75 Å². The van der Waals surface area contributed by atoms with E-state index in [1.807, 2.05) is 66.7 Å². The molecule has 1 heterocycles. The van der Waals surface area contributed by atoms with Gasteiger partial charge in [0.15, 0.2) is 6.61 Å². The predicted octanol–water partition coefficient (Wildman–Crippen LogP) is 5.00. The van der Waals surface area contributed by atoms with Crippen LogP contribution < -0.4 is 10.3 Å². The SMILES string of the molecule is CCOC(=O)COc1cccc(CCCn2nc(C(c3ccccc3)c3ccccc3)ccc2=O)c1. The van der Waals surface area contributed by atoms with Crippen LogP contribution in [0.3, 0.4) is 0 Å². The molecular formula is C30H30N2O4. The second kappa shape index (κ2) is 12.5. The van der Waals surface area contributed by atoms with E-state index in [4.69, 9.17) is 14.6 Å². The maximum Gasteiger partial charge on any atom is 0.344 e. The maximum absolute atomic E-state index is 12.6. The lowest BCUT2D eigenvalue weighted by Crippen LogP contribution is -2.24. The molecule has 3 aromatic carbocycles. The van der Waals surface area contributed by atoms with Crippen LogP contribution in [-0.2, 0) is 22.5 Å². The van der Waals surface area contributed by atoms with Crippen molar-refractivity contribution in [2.45, 2.75) is 32.2 Å². The third-order valence-corrected chi connectivity index (χ3v) is 5.84. The van der Waals surface area contributed by atoms with Crippen molar-refractivity contribution in [2.24, 2.45) is 0 Å². The van der Waals surface area contributed by atoms with E-state index in [1.54, 1.807) is 17.7 Å². The Morgan fingerprint density at radius 2 is 1.58 bits per heavy atom. The molecule has 1 aromatic heterocycles. The molecule has 0 aliphatic rings. The standard InChI is InChI=1S/C30H30N2O4/c1-2-35-29(34)22-36-26-17-9-11-23(21-26)12-10-20-32-28(33)19-18-27(31-32)30(24-13-5-3-6-14-24)25-15-7-4-8-16-25/h3-9,11,13-19,21,30H,2,10,12,20,22H2,1H3. The molecule has 0 radical (unpaired) electrons. The number of hydrogen-bond acceptors (Lipinski definition) is 5. The van der Waals surface area contributed by atoms with Crippen LogP contribution in [-0.4, -0.2) is 29.0 Å². The highest BCUT2D eigenvalue weighted by atomic mass is 16.6. The second-order valence-corrected chi connectivity index (χ2v) is 8.42. The Morgan fingerprint density at radius 1 is 0.889 bits per heavy atom. The van der Waals surface area contributed by atoms with Crippen LogP contribution in [0, 0.1) is 0 Å². The third-order valence-electron chi connectivity index (χ3n) is 5.84.